The summed E-state index contributed by atoms with van der Waals surface area (Å²) in [5.41, 5.74) is 1.51. The predicted molar refractivity (Wildman–Crippen MR) is 83.4 cm³/mol. The molecule has 0 fully saturated rings. The van der Waals surface area contributed by atoms with Gasteiger partial charge in [-0.3, -0.25) is 10.1 Å². The molecule has 0 saturated carbocycles. The zero-order valence-electron chi connectivity index (χ0n) is 10.7. The standard InChI is InChI=1S/C14H10Cl3NO3/c15-7-10-5-11(16)6-13(17)14(10)21-8-9-1-3-12(4-2-9)18(19)20/h1-6H,7-8H2. The maximum atomic E-state index is 10.6. The van der Waals surface area contributed by atoms with E-state index in [4.69, 9.17) is 39.5 Å². The number of nitro groups is 1. The van der Waals surface area contributed by atoms with E-state index in [0.717, 1.165) is 5.56 Å². The van der Waals surface area contributed by atoms with Crippen LogP contribution in [0.15, 0.2) is 36.4 Å². The summed E-state index contributed by atoms with van der Waals surface area (Å²) in [6.07, 6.45) is 0. The summed E-state index contributed by atoms with van der Waals surface area (Å²) in [7, 11) is 0. The molecule has 0 saturated heterocycles. The van der Waals surface area contributed by atoms with Gasteiger partial charge in [-0.05, 0) is 29.8 Å². The van der Waals surface area contributed by atoms with Crippen LogP contribution < -0.4 is 4.74 Å². The van der Waals surface area contributed by atoms with Crippen LogP contribution in [0.3, 0.4) is 0 Å². The lowest BCUT2D eigenvalue weighted by Gasteiger charge is -2.12. The minimum absolute atomic E-state index is 0.0322. The van der Waals surface area contributed by atoms with Gasteiger partial charge in [-0.15, -0.1) is 11.6 Å². The van der Waals surface area contributed by atoms with Gasteiger partial charge in [0, 0.05) is 22.7 Å². The Hall–Kier alpha value is -1.49. The fraction of sp³-hybridized carbons (Fsp3) is 0.143. The van der Waals surface area contributed by atoms with E-state index in [-0.39, 0.29) is 18.2 Å². The van der Waals surface area contributed by atoms with Gasteiger partial charge >= 0.3 is 0 Å². The van der Waals surface area contributed by atoms with Gasteiger partial charge in [0.15, 0.2) is 0 Å². The van der Waals surface area contributed by atoms with Crippen molar-refractivity contribution in [2.75, 3.05) is 0 Å². The Kier molecular flexibility index (Phi) is 5.28. The number of alkyl halides is 1. The van der Waals surface area contributed by atoms with Gasteiger partial charge in [0.05, 0.1) is 15.8 Å². The molecule has 0 amide bonds. The highest BCUT2D eigenvalue weighted by atomic mass is 35.5. The molecular weight excluding hydrogens is 337 g/mol. The molecule has 0 radical (unpaired) electrons. The second-order valence-corrected chi connectivity index (χ2v) is 5.33. The molecule has 0 bridgehead atoms. The first-order valence-electron chi connectivity index (χ1n) is 5.91. The monoisotopic (exact) mass is 345 g/mol. The first-order chi connectivity index (χ1) is 10.0. The summed E-state index contributed by atoms with van der Waals surface area (Å²) in [5.74, 6) is 0.685. The third-order valence-corrected chi connectivity index (χ3v) is 3.55. The van der Waals surface area contributed by atoms with Crippen molar-refractivity contribution in [3.8, 4) is 5.75 Å². The van der Waals surface area contributed by atoms with E-state index in [9.17, 15) is 10.1 Å². The van der Waals surface area contributed by atoms with Crippen LogP contribution >= 0.6 is 34.8 Å². The van der Waals surface area contributed by atoms with E-state index in [0.29, 0.717) is 21.4 Å². The molecule has 2 aromatic rings. The van der Waals surface area contributed by atoms with Gasteiger partial charge in [-0.25, -0.2) is 0 Å². The molecule has 0 N–H and O–H groups in total. The molecule has 0 aliphatic carbocycles. The van der Waals surface area contributed by atoms with Crippen molar-refractivity contribution in [2.24, 2.45) is 0 Å². The Labute approximate surface area is 136 Å². The summed E-state index contributed by atoms with van der Waals surface area (Å²) >= 11 is 17.8. The van der Waals surface area contributed by atoms with Gasteiger partial charge in [0.1, 0.15) is 12.4 Å². The van der Waals surface area contributed by atoms with Crippen molar-refractivity contribution in [3.63, 3.8) is 0 Å². The number of non-ortho nitro benzene ring substituents is 1. The maximum Gasteiger partial charge on any atom is 0.269 e. The van der Waals surface area contributed by atoms with Crippen LogP contribution in [-0.2, 0) is 12.5 Å². The topological polar surface area (TPSA) is 52.4 Å². The number of hydrogen-bond acceptors (Lipinski definition) is 3. The van der Waals surface area contributed by atoms with Crippen LogP contribution in [0.4, 0.5) is 5.69 Å². The minimum Gasteiger partial charge on any atom is -0.487 e. The molecule has 0 aromatic heterocycles. The van der Waals surface area contributed by atoms with Crippen molar-refractivity contribution < 1.29 is 9.66 Å². The third-order valence-electron chi connectivity index (χ3n) is 2.76. The van der Waals surface area contributed by atoms with Crippen molar-refractivity contribution in [1.82, 2.24) is 0 Å². The van der Waals surface area contributed by atoms with Crippen LogP contribution in [-0.4, -0.2) is 4.92 Å². The summed E-state index contributed by atoms with van der Waals surface area (Å²) in [4.78, 5) is 10.1. The second-order valence-electron chi connectivity index (χ2n) is 4.22. The van der Waals surface area contributed by atoms with Crippen LogP contribution in [0.25, 0.3) is 0 Å². The van der Waals surface area contributed by atoms with E-state index >= 15 is 0 Å². The Balaban J connectivity index is 2.14. The van der Waals surface area contributed by atoms with Gasteiger partial charge in [0.2, 0.25) is 0 Å². The first-order valence-corrected chi connectivity index (χ1v) is 7.20. The van der Waals surface area contributed by atoms with E-state index < -0.39 is 4.92 Å². The zero-order valence-corrected chi connectivity index (χ0v) is 13.0. The molecule has 0 unspecified atom stereocenters. The lowest BCUT2D eigenvalue weighted by molar-refractivity contribution is -0.384. The van der Waals surface area contributed by atoms with E-state index in [1.165, 1.54) is 12.1 Å². The number of nitrogens with zero attached hydrogens (tertiary/aromatic N) is 1. The van der Waals surface area contributed by atoms with Crippen molar-refractivity contribution >= 4 is 40.5 Å². The van der Waals surface area contributed by atoms with Gasteiger partial charge in [0.25, 0.3) is 5.69 Å². The molecule has 0 atom stereocenters. The fourth-order valence-corrected chi connectivity index (χ4v) is 2.53. The molecule has 21 heavy (non-hydrogen) atoms. The number of hydrogen-bond donors (Lipinski definition) is 0. The molecule has 0 heterocycles. The third kappa shape index (κ3) is 4.00. The van der Waals surface area contributed by atoms with Crippen molar-refractivity contribution in [3.05, 3.63) is 67.7 Å². The molecule has 7 heteroatoms. The Morgan fingerprint density at radius 3 is 2.38 bits per heavy atom. The lowest BCUT2D eigenvalue weighted by Crippen LogP contribution is -1.99. The van der Waals surface area contributed by atoms with Crippen LogP contribution in [0.5, 0.6) is 5.75 Å². The molecular formula is C14H10Cl3NO3. The fourth-order valence-electron chi connectivity index (χ4n) is 1.74. The quantitative estimate of drug-likeness (QED) is 0.424. The van der Waals surface area contributed by atoms with E-state index in [2.05, 4.69) is 0 Å². The average molecular weight is 347 g/mol. The Morgan fingerprint density at radius 2 is 1.81 bits per heavy atom. The SMILES string of the molecule is O=[N+]([O-])c1ccc(COc2c(Cl)cc(Cl)cc2CCl)cc1. The zero-order chi connectivity index (χ0) is 15.4. The highest BCUT2D eigenvalue weighted by molar-refractivity contribution is 6.36. The number of benzene rings is 2. The normalized spacial score (nSPS) is 10.4. The highest BCUT2D eigenvalue weighted by Gasteiger charge is 2.11. The Bertz CT molecular complexity index is 659. The second kappa shape index (κ2) is 6.98. The van der Waals surface area contributed by atoms with Crippen LogP contribution in [0.1, 0.15) is 11.1 Å². The van der Waals surface area contributed by atoms with Gasteiger partial charge in [-0.1, -0.05) is 23.2 Å². The lowest BCUT2D eigenvalue weighted by atomic mass is 10.2. The van der Waals surface area contributed by atoms with Crippen molar-refractivity contribution in [1.29, 1.82) is 0 Å². The maximum absolute atomic E-state index is 10.6. The number of nitro benzene ring substituents is 1. The average Bonchev–Trinajstić information content (AvgIpc) is 2.46. The summed E-state index contributed by atoms with van der Waals surface area (Å²) in [5, 5.41) is 11.4. The summed E-state index contributed by atoms with van der Waals surface area (Å²) < 4.78 is 5.66. The van der Waals surface area contributed by atoms with Crippen LogP contribution in [0, 0.1) is 10.1 Å². The van der Waals surface area contributed by atoms with Crippen molar-refractivity contribution in [2.45, 2.75) is 12.5 Å². The molecule has 0 spiro atoms. The van der Waals surface area contributed by atoms with Crippen LogP contribution in [0.2, 0.25) is 10.0 Å². The molecule has 0 aliphatic rings. The van der Waals surface area contributed by atoms with E-state index in [1.807, 2.05) is 0 Å². The van der Waals surface area contributed by atoms with E-state index in [1.54, 1.807) is 24.3 Å². The summed E-state index contributed by atoms with van der Waals surface area (Å²) in [6.45, 7) is 0.225. The molecule has 2 aromatic carbocycles. The molecule has 2 rings (SSSR count). The number of ether oxygens (including phenoxy) is 1. The molecule has 4 nitrogen and oxygen atoms in total. The first kappa shape index (κ1) is 15.9. The largest absolute Gasteiger partial charge is 0.487 e. The predicted octanol–water partition coefficient (Wildman–Crippen LogP) is 5.22. The molecule has 0 aliphatic heterocycles. The number of halogens is 3. The van der Waals surface area contributed by atoms with Gasteiger partial charge < -0.3 is 4.74 Å². The van der Waals surface area contributed by atoms with Gasteiger partial charge in [-0.2, -0.15) is 0 Å². The summed E-state index contributed by atoms with van der Waals surface area (Å²) in [6, 6.07) is 9.36. The number of rotatable bonds is 5. The highest BCUT2D eigenvalue weighted by Crippen LogP contribution is 2.34. The molecule has 110 valence electrons. The minimum atomic E-state index is -0.452. The smallest absolute Gasteiger partial charge is 0.269 e. The Morgan fingerprint density at radius 1 is 1.14 bits per heavy atom.